The molecule has 0 fully saturated rings. The summed E-state index contributed by atoms with van der Waals surface area (Å²) in [5.74, 6) is -0.340. The summed E-state index contributed by atoms with van der Waals surface area (Å²) in [6, 6.07) is 2.54. The third-order valence-electron chi connectivity index (χ3n) is 4.26. The van der Waals surface area contributed by atoms with Crippen molar-refractivity contribution in [1.29, 1.82) is 0 Å². The van der Waals surface area contributed by atoms with Crippen LogP contribution >= 0.6 is 0 Å². The number of alkyl halides is 3. The van der Waals surface area contributed by atoms with Gasteiger partial charge in [-0.1, -0.05) is 33.8 Å². The Morgan fingerprint density at radius 2 is 1.59 bits per heavy atom. The predicted molar refractivity (Wildman–Crippen MR) is 99.8 cm³/mol. The van der Waals surface area contributed by atoms with Crippen molar-refractivity contribution >= 4 is 21.6 Å². The second-order valence-corrected chi connectivity index (χ2v) is 9.16. The third-order valence-corrected chi connectivity index (χ3v) is 5.50. The number of amides is 1. The van der Waals surface area contributed by atoms with Crippen LogP contribution in [0.4, 0.5) is 18.9 Å². The van der Waals surface area contributed by atoms with Crippen LogP contribution in [0.3, 0.4) is 0 Å². The van der Waals surface area contributed by atoms with E-state index in [1.807, 2.05) is 27.7 Å². The smallest absolute Gasteiger partial charge is 0.351 e. The third kappa shape index (κ3) is 6.12. The number of carbonyl (C=O) groups excluding carboxylic acids is 1. The Hall–Kier alpha value is -1.77. The lowest BCUT2D eigenvalue weighted by molar-refractivity contribution is -0.137. The molecule has 0 saturated heterocycles. The highest BCUT2D eigenvalue weighted by Crippen LogP contribution is 2.32. The van der Waals surface area contributed by atoms with E-state index in [1.165, 1.54) is 13.0 Å². The largest absolute Gasteiger partial charge is 0.416 e. The highest BCUT2D eigenvalue weighted by Gasteiger charge is 2.34. The number of nitrogens with one attached hydrogen (secondary N) is 1. The van der Waals surface area contributed by atoms with E-state index >= 15 is 0 Å². The number of anilines is 1. The first-order valence-electron chi connectivity index (χ1n) is 8.63. The van der Waals surface area contributed by atoms with E-state index in [9.17, 15) is 26.4 Å². The number of benzene rings is 1. The molecule has 154 valence electrons. The number of sulfonamides is 1. The summed E-state index contributed by atoms with van der Waals surface area (Å²) in [5.41, 5.74) is -1.19. The van der Waals surface area contributed by atoms with Crippen molar-refractivity contribution in [2.45, 2.75) is 52.9 Å². The van der Waals surface area contributed by atoms with Crippen LogP contribution in [-0.2, 0) is 21.0 Å². The molecular formula is C18H27F3N2O3S. The molecule has 1 N–H and O–H groups in total. The van der Waals surface area contributed by atoms with Crippen molar-refractivity contribution < 1.29 is 26.4 Å². The molecule has 0 heterocycles. The summed E-state index contributed by atoms with van der Waals surface area (Å²) in [4.78, 5) is 12.7. The molecular weight excluding hydrogens is 381 g/mol. The van der Waals surface area contributed by atoms with Gasteiger partial charge in [0.25, 0.3) is 0 Å². The van der Waals surface area contributed by atoms with Gasteiger partial charge in [-0.2, -0.15) is 13.2 Å². The zero-order valence-corrected chi connectivity index (χ0v) is 17.1. The summed E-state index contributed by atoms with van der Waals surface area (Å²) >= 11 is 0. The van der Waals surface area contributed by atoms with E-state index in [2.05, 4.69) is 5.32 Å². The molecule has 0 aliphatic rings. The van der Waals surface area contributed by atoms with E-state index < -0.39 is 33.7 Å². The van der Waals surface area contributed by atoms with Crippen LogP contribution in [0.5, 0.6) is 0 Å². The van der Waals surface area contributed by atoms with E-state index in [-0.39, 0.29) is 23.6 Å². The molecule has 27 heavy (non-hydrogen) atoms. The molecule has 5 nitrogen and oxygen atoms in total. The lowest BCUT2D eigenvalue weighted by Crippen LogP contribution is -2.52. The Bertz CT molecular complexity index is 753. The summed E-state index contributed by atoms with van der Waals surface area (Å²) in [6.07, 6.45) is -3.76. The Morgan fingerprint density at radius 1 is 1.07 bits per heavy atom. The van der Waals surface area contributed by atoms with E-state index in [0.29, 0.717) is 0 Å². The van der Waals surface area contributed by atoms with Gasteiger partial charge in [-0.05, 0) is 37.0 Å². The lowest BCUT2D eigenvalue weighted by atomic mass is 9.93. The van der Waals surface area contributed by atoms with Gasteiger partial charge in [0.2, 0.25) is 15.9 Å². The van der Waals surface area contributed by atoms with Gasteiger partial charge in [-0.15, -0.1) is 0 Å². The van der Waals surface area contributed by atoms with Crippen molar-refractivity contribution in [2.24, 2.45) is 11.8 Å². The molecule has 0 aliphatic carbocycles. The SMILES string of the molecule is CC(C)C(NC(=O)[C@H](C)N(c1cccc(C(F)(F)F)c1)S(C)(=O)=O)C(C)C. The summed E-state index contributed by atoms with van der Waals surface area (Å²) in [6.45, 7) is 9.06. The molecule has 1 aromatic carbocycles. The van der Waals surface area contributed by atoms with E-state index in [0.717, 1.165) is 28.8 Å². The second kappa shape index (κ2) is 8.50. The van der Waals surface area contributed by atoms with Gasteiger partial charge in [0.05, 0.1) is 17.5 Å². The maximum Gasteiger partial charge on any atom is 0.416 e. The van der Waals surface area contributed by atoms with Gasteiger partial charge in [0, 0.05) is 6.04 Å². The van der Waals surface area contributed by atoms with E-state index in [1.54, 1.807) is 0 Å². The van der Waals surface area contributed by atoms with Crippen LogP contribution in [0.25, 0.3) is 0 Å². The number of nitrogens with zero attached hydrogens (tertiary/aromatic N) is 1. The average molecular weight is 408 g/mol. The minimum atomic E-state index is -4.62. The molecule has 0 radical (unpaired) electrons. The molecule has 0 unspecified atom stereocenters. The number of hydrogen-bond acceptors (Lipinski definition) is 3. The maximum absolute atomic E-state index is 13.0. The van der Waals surface area contributed by atoms with E-state index in [4.69, 9.17) is 0 Å². The fourth-order valence-electron chi connectivity index (χ4n) is 3.02. The van der Waals surface area contributed by atoms with Crippen LogP contribution in [0.15, 0.2) is 24.3 Å². The monoisotopic (exact) mass is 408 g/mol. The molecule has 0 spiro atoms. The van der Waals surface area contributed by atoms with Crippen LogP contribution in [0.2, 0.25) is 0 Å². The average Bonchev–Trinajstić information content (AvgIpc) is 2.49. The van der Waals surface area contributed by atoms with Gasteiger partial charge in [0.1, 0.15) is 6.04 Å². The van der Waals surface area contributed by atoms with Crippen molar-refractivity contribution in [3.05, 3.63) is 29.8 Å². The molecule has 1 amide bonds. The highest BCUT2D eigenvalue weighted by molar-refractivity contribution is 7.92. The minimum absolute atomic E-state index is 0.112. The maximum atomic E-state index is 13.0. The van der Waals surface area contributed by atoms with Crippen LogP contribution in [-0.4, -0.2) is 32.7 Å². The first-order valence-corrected chi connectivity index (χ1v) is 10.5. The standard InChI is InChI=1S/C18H27F3N2O3S/c1-11(2)16(12(3)4)22-17(24)13(5)23(27(6,25)26)15-9-7-8-14(10-15)18(19,20)21/h7-13,16H,1-6H3,(H,22,24)/t13-/m0/s1. The quantitative estimate of drug-likeness (QED) is 0.749. The number of rotatable bonds is 7. The molecule has 1 aromatic rings. The van der Waals surface area contributed by atoms with Crippen molar-refractivity contribution in [3.63, 3.8) is 0 Å². The lowest BCUT2D eigenvalue weighted by Gasteiger charge is -2.32. The van der Waals surface area contributed by atoms with Gasteiger partial charge in [0.15, 0.2) is 0 Å². The summed E-state index contributed by atoms with van der Waals surface area (Å²) < 4.78 is 64.2. The van der Waals surface area contributed by atoms with Crippen LogP contribution in [0.1, 0.15) is 40.2 Å². The first kappa shape index (κ1) is 23.3. The topological polar surface area (TPSA) is 66.5 Å². The molecule has 0 aromatic heterocycles. The summed E-state index contributed by atoms with van der Waals surface area (Å²) in [7, 11) is -4.00. The second-order valence-electron chi connectivity index (χ2n) is 7.31. The molecule has 0 bridgehead atoms. The van der Waals surface area contributed by atoms with Crippen LogP contribution in [0, 0.1) is 11.8 Å². The molecule has 1 atom stereocenters. The summed E-state index contributed by atoms with van der Waals surface area (Å²) in [5, 5.41) is 2.82. The zero-order valence-electron chi connectivity index (χ0n) is 16.3. The molecule has 1 rings (SSSR count). The Labute approximate surface area is 159 Å². The molecule has 0 aliphatic heterocycles. The van der Waals surface area contributed by atoms with Crippen LogP contribution < -0.4 is 9.62 Å². The highest BCUT2D eigenvalue weighted by atomic mass is 32.2. The fraction of sp³-hybridized carbons (Fsp3) is 0.611. The Kier molecular flexibility index (Phi) is 7.32. The van der Waals surface area contributed by atoms with Gasteiger partial charge in [-0.3, -0.25) is 9.10 Å². The van der Waals surface area contributed by atoms with Crippen molar-refractivity contribution in [2.75, 3.05) is 10.6 Å². The zero-order chi connectivity index (χ0) is 21.2. The van der Waals surface area contributed by atoms with Crippen molar-refractivity contribution in [1.82, 2.24) is 5.32 Å². The van der Waals surface area contributed by atoms with Gasteiger partial charge < -0.3 is 5.32 Å². The Morgan fingerprint density at radius 3 is 2.00 bits per heavy atom. The van der Waals surface area contributed by atoms with Crippen molar-refractivity contribution in [3.8, 4) is 0 Å². The predicted octanol–water partition coefficient (Wildman–Crippen LogP) is 3.66. The fourth-order valence-corrected chi connectivity index (χ4v) is 4.18. The van der Waals surface area contributed by atoms with Gasteiger partial charge in [-0.25, -0.2) is 8.42 Å². The number of hydrogen-bond donors (Lipinski definition) is 1. The minimum Gasteiger partial charge on any atom is -0.351 e. The normalized spacial score (nSPS) is 13.9. The molecule has 0 saturated carbocycles. The molecule has 9 heteroatoms. The first-order chi connectivity index (χ1) is 12.2. The number of halogens is 3. The van der Waals surface area contributed by atoms with Gasteiger partial charge >= 0.3 is 6.18 Å². The Balaban J connectivity index is 3.28. The number of carbonyl (C=O) groups is 1.